The van der Waals surface area contributed by atoms with Crippen LogP contribution in [0, 0.1) is 0 Å². The van der Waals surface area contributed by atoms with Crippen molar-refractivity contribution in [2.24, 2.45) is 0 Å². The van der Waals surface area contributed by atoms with E-state index >= 15 is 0 Å². The van der Waals surface area contributed by atoms with Gasteiger partial charge in [-0.15, -0.1) is 0 Å². The van der Waals surface area contributed by atoms with Gasteiger partial charge in [0.1, 0.15) is 0 Å². The van der Waals surface area contributed by atoms with Crippen LogP contribution in [0.2, 0.25) is 0 Å². The summed E-state index contributed by atoms with van der Waals surface area (Å²) in [5, 5.41) is 0. The molecule has 0 amide bonds. The summed E-state index contributed by atoms with van der Waals surface area (Å²) in [7, 11) is -4.31. The Morgan fingerprint density at radius 1 is 0.842 bits per heavy atom. The van der Waals surface area contributed by atoms with Gasteiger partial charge in [-0.05, 0) is 12.8 Å². The van der Waals surface area contributed by atoms with Gasteiger partial charge >= 0.3 is 10.4 Å². The Kier molecular flexibility index (Phi) is 11.6. The molecular formula is C14H30O4S. The van der Waals surface area contributed by atoms with Crippen molar-refractivity contribution < 1.29 is 17.2 Å². The van der Waals surface area contributed by atoms with Gasteiger partial charge in [0.2, 0.25) is 0 Å². The molecule has 1 unspecified atom stereocenters. The fraction of sp³-hybridized carbons (Fsp3) is 1.00. The Balaban J connectivity index is 3.84. The fourth-order valence-corrected chi connectivity index (χ4v) is 2.72. The van der Waals surface area contributed by atoms with Gasteiger partial charge in [-0.1, -0.05) is 71.6 Å². The Bertz CT molecular complexity index is 288. The maximum Gasteiger partial charge on any atom is 0.397 e. The molecule has 0 rings (SSSR count). The van der Waals surface area contributed by atoms with Crippen molar-refractivity contribution in [2.75, 3.05) is 0 Å². The molecule has 1 N–H and O–H groups in total. The van der Waals surface area contributed by atoms with Gasteiger partial charge in [0, 0.05) is 0 Å². The van der Waals surface area contributed by atoms with Crippen molar-refractivity contribution >= 4 is 10.4 Å². The molecule has 0 aromatic heterocycles. The SMILES string of the molecule is CCCCCCCCC(CCCCC)OS(=O)(=O)O. The zero-order valence-corrected chi connectivity index (χ0v) is 13.3. The predicted molar refractivity (Wildman–Crippen MR) is 78.6 cm³/mol. The van der Waals surface area contributed by atoms with Gasteiger partial charge in [-0.25, -0.2) is 4.18 Å². The van der Waals surface area contributed by atoms with E-state index in [-0.39, 0.29) is 6.10 Å². The summed E-state index contributed by atoms with van der Waals surface area (Å²) in [5.41, 5.74) is 0. The van der Waals surface area contributed by atoms with Crippen molar-refractivity contribution in [3.8, 4) is 0 Å². The number of hydrogen-bond acceptors (Lipinski definition) is 3. The molecule has 0 aliphatic heterocycles. The van der Waals surface area contributed by atoms with Gasteiger partial charge in [0.05, 0.1) is 6.10 Å². The van der Waals surface area contributed by atoms with Gasteiger partial charge in [-0.3, -0.25) is 4.55 Å². The van der Waals surface area contributed by atoms with Crippen LogP contribution in [0.3, 0.4) is 0 Å². The van der Waals surface area contributed by atoms with E-state index in [1.54, 1.807) is 0 Å². The Morgan fingerprint density at radius 2 is 1.26 bits per heavy atom. The highest BCUT2D eigenvalue weighted by Gasteiger charge is 2.16. The summed E-state index contributed by atoms with van der Waals surface area (Å²) in [4.78, 5) is 0. The second-order valence-electron chi connectivity index (χ2n) is 5.20. The average Bonchev–Trinajstić information content (AvgIpc) is 2.31. The van der Waals surface area contributed by atoms with E-state index < -0.39 is 10.4 Å². The molecule has 0 heterocycles. The molecule has 19 heavy (non-hydrogen) atoms. The second-order valence-corrected chi connectivity index (χ2v) is 6.25. The van der Waals surface area contributed by atoms with Gasteiger partial charge in [0.25, 0.3) is 0 Å². The Morgan fingerprint density at radius 3 is 1.79 bits per heavy atom. The summed E-state index contributed by atoms with van der Waals surface area (Å²) in [6.07, 6.45) is 11.2. The first kappa shape index (κ1) is 18.9. The van der Waals surface area contributed by atoms with E-state index in [1.807, 2.05) is 0 Å². The molecule has 0 radical (unpaired) electrons. The summed E-state index contributed by atoms with van der Waals surface area (Å²) < 4.78 is 35.1. The van der Waals surface area contributed by atoms with Crippen LogP contribution in [-0.4, -0.2) is 19.1 Å². The van der Waals surface area contributed by atoms with Crippen LogP contribution in [0.15, 0.2) is 0 Å². The molecule has 4 nitrogen and oxygen atoms in total. The van der Waals surface area contributed by atoms with E-state index in [4.69, 9.17) is 8.74 Å². The molecule has 0 fully saturated rings. The molecule has 1 atom stereocenters. The molecule has 0 spiro atoms. The highest BCUT2D eigenvalue weighted by atomic mass is 32.3. The van der Waals surface area contributed by atoms with Crippen LogP contribution in [0.1, 0.15) is 84.5 Å². The van der Waals surface area contributed by atoms with Crippen LogP contribution in [0.25, 0.3) is 0 Å². The number of unbranched alkanes of at least 4 members (excludes halogenated alkanes) is 7. The third-order valence-corrected chi connectivity index (χ3v) is 3.78. The molecule has 0 saturated carbocycles. The summed E-state index contributed by atoms with van der Waals surface area (Å²) in [5.74, 6) is 0. The van der Waals surface area contributed by atoms with Crippen molar-refractivity contribution in [1.82, 2.24) is 0 Å². The first-order chi connectivity index (χ1) is 8.99. The Hall–Kier alpha value is -0.130. The first-order valence-corrected chi connectivity index (χ1v) is 9.01. The fourth-order valence-electron chi connectivity index (χ4n) is 2.19. The third-order valence-electron chi connectivity index (χ3n) is 3.27. The zero-order valence-electron chi connectivity index (χ0n) is 12.4. The van der Waals surface area contributed by atoms with E-state index in [0.717, 1.165) is 38.5 Å². The molecule has 116 valence electrons. The zero-order chi connectivity index (χ0) is 14.6. The smallest absolute Gasteiger partial charge is 0.264 e. The van der Waals surface area contributed by atoms with Crippen LogP contribution in [0.4, 0.5) is 0 Å². The minimum Gasteiger partial charge on any atom is -0.264 e. The summed E-state index contributed by atoms with van der Waals surface area (Å²) in [6, 6.07) is 0. The number of hydrogen-bond donors (Lipinski definition) is 1. The highest BCUT2D eigenvalue weighted by Crippen LogP contribution is 2.17. The van der Waals surface area contributed by atoms with Crippen molar-refractivity contribution in [3.05, 3.63) is 0 Å². The van der Waals surface area contributed by atoms with Gasteiger partial charge < -0.3 is 0 Å². The topological polar surface area (TPSA) is 63.6 Å². The maximum atomic E-state index is 10.8. The van der Waals surface area contributed by atoms with Crippen LogP contribution >= 0.6 is 0 Å². The van der Waals surface area contributed by atoms with E-state index in [9.17, 15) is 8.42 Å². The van der Waals surface area contributed by atoms with Crippen molar-refractivity contribution in [3.63, 3.8) is 0 Å². The van der Waals surface area contributed by atoms with Gasteiger partial charge in [0.15, 0.2) is 0 Å². The first-order valence-electron chi connectivity index (χ1n) is 7.65. The van der Waals surface area contributed by atoms with E-state index in [0.29, 0.717) is 6.42 Å². The summed E-state index contributed by atoms with van der Waals surface area (Å²) >= 11 is 0. The van der Waals surface area contributed by atoms with Crippen LogP contribution in [0.5, 0.6) is 0 Å². The lowest BCUT2D eigenvalue weighted by Gasteiger charge is -2.15. The molecule has 0 aromatic carbocycles. The second kappa shape index (κ2) is 11.7. The van der Waals surface area contributed by atoms with Crippen molar-refractivity contribution in [2.45, 2.75) is 90.6 Å². The highest BCUT2D eigenvalue weighted by molar-refractivity contribution is 7.80. The standard InChI is InChI=1S/C14H30O4S/c1-3-5-7-8-9-11-13-14(12-10-6-4-2)18-19(15,16)17/h14H,3-13H2,1-2H3,(H,15,16,17). The predicted octanol–water partition coefficient (Wildman–Crippen LogP) is 4.51. The minimum absolute atomic E-state index is 0.354. The Labute approximate surface area is 118 Å². The average molecular weight is 294 g/mol. The molecule has 0 bridgehead atoms. The normalized spacial score (nSPS) is 13.6. The lowest BCUT2D eigenvalue weighted by atomic mass is 10.0. The molecule has 0 aliphatic rings. The van der Waals surface area contributed by atoms with E-state index in [1.165, 1.54) is 25.7 Å². The monoisotopic (exact) mass is 294 g/mol. The number of rotatable bonds is 13. The maximum absolute atomic E-state index is 10.8. The molecule has 0 aromatic rings. The lowest BCUT2D eigenvalue weighted by Crippen LogP contribution is -2.18. The molecule has 0 saturated heterocycles. The minimum atomic E-state index is -4.31. The van der Waals surface area contributed by atoms with Crippen LogP contribution in [-0.2, 0) is 14.6 Å². The van der Waals surface area contributed by atoms with Gasteiger partial charge in [-0.2, -0.15) is 8.42 Å². The third kappa shape index (κ3) is 14.1. The lowest BCUT2D eigenvalue weighted by molar-refractivity contribution is 0.157. The molecular weight excluding hydrogens is 264 g/mol. The summed E-state index contributed by atoms with van der Waals surface area (Å²) in [6.45, 7) is 4.29. The quantitative estimate of drug-likeness (QED) is 0.401. The molecule has 0 aliphatic carbocycles. The molecule has 5 heteroatoms. The van der Waals surface area contributed by atoms with Crippen LogP contribution < -0.4 is 0 Å². The van der Waals surface area contributed by atoms with E-state index in [2.05, 4.69) is 13.8 Å². The largest absolute Gasteiger partial charge is 0.397 e. The van der Waals surface area contributed by atoms with Crippen molar-refractivity contribution in [1.29, 1.82) is 0 Å².